The molecule has 2 aliphatic heterocycles. The average molecular weight is 959 g/mol. The Kier molecular flexibility index (Phi) is 38.6. The molecular weight excluding hydrogens is 881 g/mol. The van der Waals surface area contributed by atoms with E-state index in [1.807, 2.05) is 11.8 Å². The predicted molar refractivity (Wildman–Crippen MR) is 238 cm³/mol. The monoisotopic (exact) mass is 959 g/mol. The van der Waals surface area contributed by atoms with Crippen LogP contribution in [0, 0.1) is 0 Å². The number of fused-ring (bicyclic) bond motifs is 1. The zero-order valence-electron chi connectivity index (χ0n) is 38.3. The fourth-order valence-electron chi connectivity index (χ4n) is 6.15. The average Bonchev–Trinajstić information content (AvgIpc) is 3.84. The van der Waals surface area contributed by atoms with Gasteiger partial charge < -0.3 is 83.0 Å². The standard InChI is InChI=1S/C42H78N4O18S/c47-38(4-2-1-3-37-41-36(35-65-37)44-42(52)45-41)43-7-13-55-19-25-61-31-34-64-28-22-58-16-10-46(8-14-56-20-26-62-32-29-59-23-17-53-11-5-39(48)49)9-15-57-21-27-63-33-30-60-24-18-54-12-6-40(50)51/h36-37,41H,1-35H2,(H,43,47)(H,48,49)(H,50,51)(H2,44,45,52)/t36-,37-,41-/m0/s1. The third kappa shape index (κ3) is 36.3. The van der Waals surface area contributed by atoms with Crippen molar-refractivity contribution >= 4 is 35.6 Å². The van der Waals surface area contributed by atoms with Gasteiger partial charge in [0.25, 0.3) is 0 Å². The highest BCUT2D eigenvalue weighted by molar-refractivity contribution is 8.00. The van der Waals surface area contributed by atoms with Gasteiger partial charge in [-0.1, -0.05) is 6.42 Å². The fourth-order valence-corrected chi connectivity index (χ4v) is 7.69. The van der Waals surface area contributed by atoms with E-state index in [2.05, 4.69) is 20.9 Å². The number of nitrogens with zero attached hydrogens (tertiary/aromatic N) is 1. The second kappa shape index (κ2) is 42.8. The van der Waals surface area contributed by atoms with Crippen LogP contribution in [0.5, 0.6) is 0 Å². The van der Waals surface area contributed by atoms with Crippen LogP contribution in [0.1, 0.15) is 38.5 Å². The predicted octanol–water partition coefficient (Wildman–Crippen LogP) is 0.279. The van der Waals surface area contributed by atoms with Gasteiger partial charge in [-0.25, -0.2) is 4.79 Å². The van der Waals surface area contributed by atoms with Crippen molar-refractivity contribution in [1.29, 1.82) is 0 Å². The quantitative estimate of drug-likeness (QED) is 0.0405. The molecule has 2 rings (SSSR count). The molecule has 0 saturated carbocycles. The minimum absolute atomic E-state index is 0.0252. The van der Waals surface area contributed by atoms with Gasteiger partial charge in [0.2, 0.25) is 5.91 Å². The molecule has 0 spiro atoms. The van der Waals surface area contributed by atoms with Crippen LogP contribution >= 0.6 is 11.8 Å². The van der Waals surface area contributed by atoms with Crippen LogP contribution in [-0.4, -0.2) is 247 Å². The van der Waals surface area contributed by atoms with Crippen LogP contribution in [-0.2, 0) is 71.2 Å². The number of urea groups is 1. The molecule has 23 heteroatoms. The molecule has 0 aromatic carbocycles. The maximum atomic E-state index is 12.1. The minimum Gasteiger partial charge on any atom is -0.481 e. The molecule has 2 saturated heterocycles. The molecule has 0 unspecified atom stereocenters. The van der Waals surface area contributed by atoms with Crippen molar-refractivity contribution in [3.63, 3.8) is 0 Å². The summed E-state index contributed by atoms with van der Waals surface area (Å²) in [6.45, 7) is 12.3. The van der Waals surface area contributed by atoms with Crippen LogP contribution < -0.4 is 16.0 Å². The molecule has 2 fully saturated rings. The van der Waals surface area contributed by atoms with E-state index in [-0.39, 0.29) is 50.1 Å². The Hall–Kier alpha value is -2.49. The van der Waals surface area contributed by atoms with E-state index in [0.717, 1.165) is 25.0 Å². The second-order valence-electron chi connectivity index (χ2n) is 14.7. The van der Waals surface area contributed by atoms with Crippen molar-refractivity contribution in [2.24, 2.45) is 0 Å². The van der Waals surface area contributed by atoms with Gasteiger partial charge in [0.1, 0.15) is 0 Å². The Labute approximate surface area is 388 Å². The molecule has 5 N–H and O–H groups in total. The molecular formula is C42H78N4O18S. The summed E-state index contributed by atoms with van der Waals surface area (Å²) in [4.78, 5) is 46.8. The molecule has 2 aliphatic rings. The molecule has 0 aromatic heterocycles. The van der Waals surface area contributed by atoms with Gasteiger partial charge in [0.15, 0.2) is 0 Å². The number of ether oxygens (including phenoxy) is 12. The first-order valence-electron chi connectivity index (χ1n) is 22.9. The zero-order chi connectivity index (χ0) is 46.7. The largest absolute Gasteiger partial charge is 0.481 e. The lowest BCUT2D eigenvalue weighted by Gasteiger charge is -2.22. The number of carbonyl (C=O) groups excluding carboxylic acids is 2. The number of carboxylic acid groups (broad SMARTS) is 2. The van der Waals surface area contributed by atoms with Crippen LogP contribution in [0.25, 0.3) is 0 Å². The van der Waals surface area contributed by atoms with E-state index in [1.165, 1.54) is 0 Å². The molecule has 65 heavy (non-hydrogen) atoms. The van der Waals surface area contributed by atoms with E-state index in [4.69, 9.17) is 67.1 Å². The number of thioether (sulfide) groups is 1. The normalized spacial score (nSPS) is 16.8. The SMILES string of the molecule is O=C(O)CCOCCOCCOCCOCCN(CCOCCOCCOCCOCCNC(=O)CCCC[C@@H]1SC[C@@H]2NC(=O)N[C@@H]21)CCOCCOCCOCCOCCC(=O)O. The maximum Gasteiger partial charge on any atom is 0.315 e. The fraction of sp³-hybridized carbons (Fsp3) is 0.905. The Morgan fingerprint density at radius 3 is 1.28 bits per heavy atom. The van der Waals surface area contributed by atoms with Gasteiger partial charge in [-0.2, -0.15) is 11.8 Å². The molecule has 380 valence electrons. The summed E-state index contributed by atoms with van der Waals surface area (Å²) in [5.74, 6) is -0.814. The van der Waals surface area contributed by atoms with Crippen LogP contribution in [0.3, 0.4) is 0 Å². The van der Waals surface area contributed by atoms with Crippen molar-refractivity contribution in [1.82, 2.24) is 20.9 Å². The number of aliphatic carboxylic acids is 2. The molecule has 2 heterocycles. The third-order valence-electron chi connectivity index (χ3n) is 9.57. The topological polar surface area (TPSA) is 259 Å². The van der Waals surface area contributed by atoms with Crippen molar-refractivity contribution in [2.45, 2.75) is 55.9 Å². The molecule has 0 bridgehead atoms. The summed E-state index contributed by atoms with van der Waals surface area (Å²) in [6, 6.07) is 0.360. The van der Waals surface area contributed by atoms with Crippen molar-refractivity contribution in [3.8, 4) is 0 Å². The van der Waals surface area contributed by atoms with E-state index in [9.17, 15) is 19.2 Å². The first-order valence-corrected chi connectivity index (χ1v) is 23.9. The number of hydrogen-bond acceptors (Lipinski definition) is 18. The molecule has 0 radical (unpaired) electrons. The van der Waals surface area contributed by atoms with Crippen LogP contribution in [0.4, 0.5) is 4.79 Å². The van der Waals surface area contributed by atoms with Crippen LogP contribution in [0.2, 0.25) is 0 Å². The summed E-state index contributed by atoms with van der Waals surface area (Å²) in [7, 11) is 0. The first-order chi connectivity index (χ1) is 31.8. The van der Waals surface area contributed by atoms with Gasteiger partial charge >= 0.3 is 18.0 Å². The lowest BCUT2D eigenvalue weighted by atomic mass is 10.0. The van der Waals surface area contributed by atoms with Gasteiger partial charge in [-0.15, -0.1) is 0 Å². The number of unbranched alkanes of at least 4 members (excludes halogenated alkanes) is 1. The molecule has 3 amide bonds. The lowest BCUT2D eigenvalue weighted by Crippen LogP contribution is -2.36. The maximum absolute atomic E-state index is 12.1. The Balaban J connectivity index is 1.41. The lowest BCUT2D eigenvalue weighted by molar-refractivity contribution is -0.139. The summed E-state index contributed by atoms with van der Waals surface area (Å²) in [6.07, 6.45) is 3.21. The number of carbonyl (C=O) groups is 4. The van der Waals surface area contributed by atoms with E-state index >= 15 is 0 Å². The first kappa shape index (κ1) is 58.6. The highest BCUT2D eigenvalue weighted by Gasteiger charge is 2.42. The number of rotatable bonds is 50. The van der Waals surface area contributed by atoms with E-state index < -0.39 is 11.9 Å². The Bertz CT molecular complexity index is 1140. The Morgan fingerprint density at radius 1 is 0.508 bits per heavy atom. The number of carboxylic acids is 2. The highest BCUT2D eigenvalue weighted by atomic mass is 32.2. The zero-order valence-corrected chi connectivity index (χ0v) is 39.1. The Morgan fingerprint density at radius 2 is 0.877 bits per heavy atom. The number of nitrogens with one attached hydrogen (secondary N) is 3. The van der Waals surface area contributed by atoms with E-state index in [1.54, 1.807) is 0 Å². The number of hydrogen-bond donors (Lipinski definition) is 5. The summed E-state index contributed by atoms with van der Waals surface area (Å²) in [5.41, 5.74) is 0. The minimum atomic E-state index is -0.892. The molecule has 0 aliphatic carbocycles. The molecule has 0 aromatic rings. The van der Waals surface area contributed by atoms with Crippen molar-refractivity contribution in [3.05, 3.63) is 0 Å². The van der Waals surface area contributed by atoms with Crippen LogP contribution in [0.15, 0.2) is 0 Å². The third-order valence-corrected chi connectivity index (χ3v) is 11.1. The van der Waals surface area contributed by atoms with Crippen molar-refractivity contribution < 1.29 is 86.2 Å². The molecule has 22 nitrogen and oxygen atoms in total. The summed E-state index contributed by atoms with van der Waals surface area (Å²) >= 11 is 1.89. The number of amides is 3. The van der Waals surface area contributed by atoms with Gasteiger partial charge in [-0.05, 0) is 12.8 Å². The van der Waals surface area contributed by atoms with E-state index in [0.29, 0.717) is 183 Å². The summed E-state index contributed by atoms with van der Waals surface area (Å²) < 4.78 is 66.3. The highest BCUT2D eigenvalue weighted by Crippen LogP contribution is 2.33. The van der Waals surface area contributed by atoms with Crippen molar-refractivity contribution in [2.75, 3.05) is 190 Å². The van der Waals surface area contributed by atoms with Gasteiger partial charge in [0.05, 0.1) is 183 Å². The van der Waals surface area contributed by atoms with Gasteiger partial charge in [-0.3, -0.25) is 19.3 Å². The van der Waals surface area contributed by atoms with Gasteiger partial charge in [0, 0.05) is 43.6 Å². The smallest absolute Gasteiger partial charge is 0.315 e. The summed E-state index contributed by atoms with van der Waals surface area (Å²) in [5, 5.41) is 26.5. The second-order valence-corrected chi connectivity index (χ2v) is 16.0. The molecule has 3 atom stereocenters.